The Balaban J connectivity index is 2.14. The number of aliphatic hydroxyl groups is 1. The molecule has 1 atom stereocenters. The second kappa shape index (κ2) is 10.1. The molecule has 1 unspecified atom stereocenters. The van der Waals surface area contributed by atoms with Crippen molar-refractivity contribution in [2.45, 2.75) is 17.2 Å². The molecule has 0 aliphatic heterocycles. The van der Waals surface area contributed by atoms with E-state index in [1.807, 2.05) is 5.32 Å². The fraction of sp³-hybridized carbons (Fsp3) is 0.222. The number of carbonyl (C=O) groups excluding carboxylic acids is 2. The number of hydrogen-bond donors (Lipinski definition) is 3. The topological polar surface area (TPSA) is 156 Å². The first kappa shape index (κ1) is 26.0. The largest absolute Gasteiger partial charge is 0.423 e. The molecule has 33 heavy (non-hydrogen) atoms. The Morgan fingerprint density at radius 2 is 1.67 bits per heavy atom. The Morgan fingerprint density at radius 1 is 1.09 bits per heavy atom. The number of rotatable bonds is 8. The fourth-order valence-corrected chi connectivity index (χ4v) is 3.92. The van der Waals surface area contributed by atoms with Crippen molar-refractivity contribution >= 4 is 50.3 Å². The molecule has 0 saturated carbocycles. The summed E-state index contributed by atoms with van der Waals surface area (Å²) in [5.41, 5.74) is -3.16. The van der Waals surface area contributed by atoms with Crippen LogP contribution < -0.4 is 10.6 Å². The summed E-state index contributed by atoms with van der Waals surface area (Å²) in [4.78, 5) is 32.6. The number of sulfone groups is 1. The summed E-state index contributed by atoms with van der Waals surface area (Å²) in [5, 5.41) is 25.0. The summed E-state index contributed by atoms with van der Waals surface area (Å²) in [6.45, 7) is 0. The molecule has 0 fully saturated rings. The van der Waals surface area contributed by atoms with Crippen LogP contribution >= 0.6 is 11.6 Å². The normalized spacial score (nSPS) is 12.6. The van der Waals surface area contributed by atoms with Crippen LogP contribution in [-0.2, 0) is 25.6 Å². The van der Waals surface area contributed by atoms with Crippen molar-refractivity contribution in [3.05, 3.63) is 58.1 Å². The van der Waals surface area contributed by atoms with Crippen LogP contribution in [0.15, 0.2) is 47.4 Å². The van der Waals surface area contributed by atoms with Crippen LogP contribution in [0.5, 0.6) is 0 Å². The van der Waals surface area contributed by atoms with Crippen molar-refractivity contribution in [2.24, 2.45) is 0 Å². The smallest absolute Gasteiger partial charge is 0.382 e. The number of amides is 2. The molecule has 0 aliphatic carbocycles. The Morgan fingerprint density at radius 3 is 2.18 bits per heavy atom. The van der Waals surface area contributed by atoms with Gasteiger partial charge in [-0.1, -0.05) is 0 Å². The van der Waals surface area contributed by atoms with Gasteiger partial charge in [0.25, 0.3) is 11.6 Å². The highest BCUT2D eigenvalue weighted by Crippen LogP contribution is 2.37. The molecule has 0 bridgehead atoms. The van der Waals surface area contributed by atoms with E-state index in [0.717, 1.165) is 18.2 Å². The van der Waals surface area contributed by atoms with Crippen molar-refractivity contribution < 1.29 is 41.2 Å². The van der Waals surface area contributed by atoms with Crippen molar-refractivity contribution in [3.63, 3.8) is 0 Å². The number of anilines is 2. The van der Waals surface area contributed by atoms with E-state index in [4.69, 9.17) is 11.6 Å². The Labute approximate surface area is 189 Å². The summed E-state index contributed by atoms with van der Waals surface area (Å²) < 4.78 is 64.0. The molecule has 2 amide bonds. The molecular weight excluding hydrogens is 495 g/mol. The molecule has 2 aromatic rings. The molecule has 3 N–H and O–H groups in total. The second-order valence-corrected chi connectivity index (χ2v) is 8.78. The second-order valence-electron chi connectivity index (χ2n) is 6.48. The van der Waals surface area contributed by atoms with E-state index < -0.39 is 61.5 Å². The number of benzene rings is 2. The summed E-state index contributed by atoms with van der Waals surface area (Å²) in [6, 6.07) is 6.34. The van der Waals surface area contributed by atoms with Crippen LogP contribution in [0, 0.1) is 10.1 Å². The Hall–Kier alpha value is -3.23. The molecule has 0 aliphatic rings. The van der Waals surface area contributed by atoms with Crippen LogP contribution in [0.25, 0.3) is 0 Å². The third kappa shape index (κ3) is 6.87. The third-order valence-corrected chi connectivity index (χ3v) is 6.05. The van der Waals surface area contributed by atoms with Crippen molar-refractivity contribution in [1.29, 1.82) is 0 Å². The molecule has 0 aromatic heterocycles. The summed E-state index contributed by atoms with van der Waals surface area (Å²) >= 11 is 5.34. The molecule has 0 heterocycles. The van der Waals surface area contributed by atoms with Gasteiger partial charge in [-0.15, -0.1) is 11.6 Å². The minimum Gasteiger partial charge on any atom is -0.382 e. The van der Waals surface area contributed by atoms with E-state index >= 15 is 0 Å². The van der Waals surface area contributed by atoms with Crippen LogP contribution in [0.3, 0.4) is 0 Å². The van der Waals surface area contributed by atoms with Crippen LogP contribution in [0.4, 0.5) is 30.2 Å². The van der Waals surface area contributed by atoms with Crippen LogP contribution in [-0.4, -0.2) is 48.0 Å². The molecule has 0 spiro atoms. The van der Waals surface area contributed by atoms with Crippen LogP contribution in [0.1, 0.15) is 5.56 Å². The zero-order valence-corrected chi connectivity index (χ0v) is 17.9. The lowest BCUT2D eigenvalue weighted by Crippen LogP contribution is -2.34. The monoisotopic (exact) mass is 509 g/mol. The number of nitro benzene ring substituents is 1. The van der Waals surface area contributed by atoms with Crippen molar-refractivity contribution in [3.8, 4) is 0 Å². The van der Waals surface area contributed by atoms with E-state index in [9.17, 15) is 46.4 Å². The van der Waals surface area contributed by atoms with Gasteiger partial charge in [0.05, 0.1) is 15.6 Å². The lowest BCUT2D eigenvalue weighted by atomic mass is 10.1. The fourth-order valence-electron chi connectivity index (χ4n) is 2.55. The molecule has 178 valence electrons. The third-order valence-electron chi connectivity index (χ3n) is 4.06. The van der Waals surface area contributed by atoms with Gasteiger partial charge in [0.15, 0.2) is 9.84 Å². The number of nitrogens with one attached hydrogen (secondary N) is 2. The predicted octanol–water partition coefficient (Wildman–Crippen LogP) is 2.56. The van der Waals surface area contributed by atoms with Gasteiger partial charge in [0.2, 0.25) is 5.91 Å². The number of aliphatic hydroxyl groups excluding tert-OH is 1. The van der Waals surface area contributed by atoms with E-state index in [0.29, 0.717) is 12.1 Å². The molecular formula is C18H15ClF3N3O7S. The van der Waals surface area contributed by atoms with E-state index in [1.165, 1.54) is 12.1 Å². The number of nitrogens with zero attached hydrogens (tertiary/aromatic N) is 1. The van der Waals surface area contributed by atoms with Crippen molar-refractivity contribution in [2.75, 3.05) is 22.3 Å². The molecule has 15 heteroatoms. The zero-order chi connectivity index (χ0) is 25.0. The highest BCUT2D eigenvalue weighted by atomic mass is 35.5. The molecule has 2 rings (SSSR count). The first-order valence-electron chi connectivity index (χ1n) is 8.78. The number of alkyl halides is 4. The number of nitro groups is 1. The van der Waals surface area contributed by atoms with Gasteiger partial charge in [0, 0.05) is 17.4 Å². The number of hydrogen-bond acceptors (Lipinski definition) is 7. The minimum atomic E-state index is -5.10. The summed E-state index contributed by atoms with van der Waals surface area (Å²) in [5.74, 6) is -3.29. The first-order valence-corrected chi connectivity index (χ1v) is 11.0. The maximum absolute atomic E-state index is 13.0. The lowest BCUT2D eigenvalue weighted by Gasteiger charge is -2.14. The van der Waals surface area contributed by atoms with E-state index in [-0.39, 0.29) is 16.5 Å². The highest BCUT2D eigenvalue weighted by Gasteiger charge is 2.38. The molecule has 0 saturated heterocycles. The molecule has 10 nitrogen and oxygen atoms in total. The Kier molecular flexibility index (Phi) is 8.00. The van der Waals surface area contributed by atoms with Gasteiger partial charge in [-0.25, -0.2) is 8.42 Å². The lowest BCUT2D eigenvalue weighted by molar-refractivity contribution is -0.388. The van der Waals surface area contributed by atoms with Crippen molar-refractivity contribution in [1.82, 2.24) is 0 Å². The van der Waals surface area contributed by atoms with Gasteiger partial charge in [0.1, 0.15) is 17.5 Å². The summed E-state index contributed by atoms with van der Waals surface area (Å²) in [7, 11) is -4.22. The highest BCUT2D eigenvalue weighted by molar-refractivity contribution is 7.91. The molecule has 0 radical (unpaired) electrons. The Bertz CT molecular complexity index is 1170. The predicted molar refractivity (Wildman–Crippen MR) is 111 cm³/mol. The summed E-state index contributed by atoms with van der Waals surface area (Å²) in [6.07, 6.45) is -7.27. The number of carbonyl (C=O) groups is 2. The average Bonchev–Trinajstić information content (AvgIpc) is 2.72. The zero-order valence-electron chi connectivity index (χ0n) is 16.3. The van der Waals surface area contributed by atoms with Gasteiger partial charge in [-0.3, -0.25) is 19.7 Å². The maximum Gasteiger partial charge on any atom is 0.423 e. The van der Waals surface area contributed by atoms with Crippen LogP contribution in [0.2, 0.25) is 0 Å². The first-order chi connectivity index (χ1) is 15.2. The average molecular weight is 510 g/mol. The van der Waals surface area contributed by atoms with E-state index in [2.05, 4.69) is 5.32 Å². The number of halogens is 4. The van der Waals surface area contributed by atoms with Gasteiger partial charge in [-0.2, -0.15) is 13.2 Å². The van der Waals surface area contributed by atoms with Gasteiger partial charge in [-0.05, 0) is 36.4 Å². The van der Waals surface area contributed by atoms with Gasteiger partial charge < -0.3 is 15.7 Å². The van der Waals surface area contributed by atoms with Gasteiger partial charge >= 0.3 is 6.18 Å². The molecule has 2 aromatic carbocycles. The quantitative estimate of drug-likeness (QED) is 0.280. The minimum absolute atomic E-state index is 0.247. The standard InChI is InChI=1S/C18H15ClF3N3O7S/c19-8-16(27)23-10-1-4-12(5-2-10)33(31,32)9-15(26)17(28)24-11-3-6-14(25(29)30)13(7-11)18(20,21)22/h1-7,15,26H,8-9H2,(H,23,27)(H,24,28). The SMILES string of the molecule is O=C(CCl)Nc1ccc(S(=O)(=O)CC(O)C(=O)Nc2ccc([N+](=O)[O-])c(C(F)(F)F)c2)cc1. The maximum atomic E-state index is 13.0. The van der Waals surface area contributed by atoms with E-state index in [1.54, 1.807) is 0 Å².